The topological polar surface area (TPSA) is 71.5 Å². The molecule has 0 saturated carbocycles. The lowest BCUT2D eigenvalue weighted by molar-refractivity contribution is 0.0651. The van der Waals surface area contributed by atoms with Crippen LogP contribution in [0.1, 0.15) is 46.4 Å². The van der Waals surface area contributed by atoms with Crippen LogP contribution >= 0.6 is 0 Å². The first-order chi connectivity index (χ1) is 9.90. The Morgan fingerprint density at radius 2 is 1.43 bits per heavy atom. The van der Waals surface area contributed by atoms with E-state index in [2.05, 4.69) is 0 Å². The molecule has 1 heterocycles. The van der Waals surface area contributed by atoms with Crippen LogP contribution in [0.3, 0.4) is 0 Å². The van der Waals surface area contributed by atoms with Crippen LogP contribution in [0.25, 0.3) is 0 Å². The Labute approximate surface area is 124 Å². The van der Waals surface area contributed by atoms with E-state index in [9.17, 15) is 18.0 Å². The second kappa shape index (κ2) is 6.39. The molecule has 21 heavy (non-hydrogen) atoms. The molecular weight excluding hydrogens is 290 g/mol. The average Bonchev–Trinajstić information content (AvgIpc) is 2.66. The maximum Gasteiger partial charge on any atom is 0.261 e. The fourth-order valence-corrected chi connectivity index (χ4v) is 3.16. The summed E-state index contributed by atoms with van der Waals surface area (Å²) in [6, 6.07) is 6.83. The summed E-state index contributed by atoms with van der Waals surface area (Å²) < 4.78 is 22.0. The summed E-state index contributed by atoms with van der Waals surface area (Å²) in [5.41, 5.74) is 0.944. The fourth-order valence-electron chi connectivity index (χ4n) is 2.43. The zero-order valence-electron chi connectivity index (χ0n) is 12.0. The molecule has 6 heteroatoms. The van der Waals surface area contributed by atoms with E-state index in [0.717, 1.165) is 12.8 Å². The number of carbonyl (C=O) groups is 2. The van der Waals surface area contributed by atoms with Crippen molar-refractivity contribution in [1.29, 1.82) is 0 Å². The van der Waals surface area contributed by atoms with E-state index < -0.39 is 9.84 Å². The summed E-state index contributed by atoms with van der Waals surface area (Å²) in [7, 11) is -2.90. The molecule has 2 rings (SSSR count). The first-order valence-electron chi connectivity index (χ1n) is 7.03. The van der Waals surface area contributed by atoms with Gasteiger partial charge in [0.25, 0.3) is 11.8 Å². The quantitative estimate of drug-likeness (QED) is 0.569. The smallest absolute Gasteiger partial charge is 0.261 e. The maximum absolute atomic E-state index is 12.1. The molecule has 1 aromatic rings. The van der Waals surface area contributed by atoms with Crippen molar-refractivity contribution in [2.75, 3.05) is 18.6 Å². The van der Waals surface area contributed by atoms with Crippen LogP contribution < -0.4 is 0 Å². The van der Waals surface area contributed by atoms with E-state index in [1.54, 1.807) is 24.3 Å². The maximum atomic E-state index is 12.1. The molecule has 0 N–H and O–H groups in total. The van der Waals surface area contributed by atoms with Crippen molar-refractivity contribution < 1.29 is 18.0 Å². The van der Waals surface area contributed by atoms with Crippen LogP contribution in [0.5, 0.6) is 0 Å². The minimum Gasteiger partial charge on any atom is -0.274 e. The highest BCUT2D eigenvalue weighted by molar-refractivity contribution is 7.90. The Bertz CT molecular complexity index is 616. The lowest BCUT2D eigenvalue weighted by atomic mass is 10.1. The van der Waals surface area contributed by atoms with Crippen molar-refractivity contribution in [1.82, 2.24) is 4.90 Å². The molecule has 5 nitrogen and oxygen atoms in total. The van der Waals surface area contributed by atoms with E-state index in [-0.39, 0.29) is 17.6 Å². The average molecular weight is 309 g/mol. The van der Waals surface area contributed by atoms with E-state index in [1.165, 1.54) is 11.2 Å². The number of fused-ring (bicyclic) bond motifs is 1. The first kappa shape index (κ1) is 15.7. The molecule has 0 aromatic heterocycles. The molecule has 0 saturated heterocycles. The van der Waals surface area contributed by atoms with Gasteiger partial charge in [0.1, 0.15) is 9.84 Å². The van der Waals surface area contributed by atoms with Crippen LogP contribution in [0.4, 0.5) is 0 Å². The number of unbranched alkanes of at least 4 members (excludes halogenated alkanes) is 3. The van der Waals surface area contributed by atoms with Gasteiger partial charge in [0.05, 0.1) is 11.1 Å². The minimum absolute atomic E-state index is 0.194. The Morgan fingerprint density at radius 1 is 0.905 bits per heavy atom. The molecule has 0 spiro atoms. The summed E-state index contributed by atoms with van der Waals surface area (Å²) in [6.45, 7) is 0.394. The summed E-state index contributed by atoms with van der Waals surface area (Å²) in [5, 5.41) is 0. The van der Waals surface area contributed by atoms with Crippen LogP contribution in [0.15, 0.2) is 24.3 Å². The third-order valence-electron chi connectivity index (χ3n) is 3.53. The number of imide groups is 1. The van der Waals surface area contributed by atoms with Crippen LogP contribution in [0.2, 0.25) is 0 Å². The van der Waals surface area contributed by atoms with Gasteiger partial charge < -0.3 is 0 Å². The second-order valence-corrected chi connectivity index (χ2v) is 7.61. The lowest BCUT2D eigenvalue weighted by Gasteiger charge is -2.13. The predicted molar refractivity (Wildman–Crippen MR) is 80.0 cm³/mol. The molecule has 0 aliphatic carbocycles. The van der Waals surface area contributed by atoms with Gasteiger partial charge >= 0.3 is 0 Å². The molecule has 0 bridgehead atoms. The van der Waals surface area contributed by atoms with E-state index in [0.29, 0.717) is 30.5 Å². The van der Waals surface area contributed by atoms with Crippen LogP contribution in [0, 0.1) is 0 Å². The highest BCUT2D eigenvalue weighted by Crippen LogP contribution is 2.22. The molecule has 0 atom stereocenters. The zero-order chi connectivity index (χ0) is 15.5. The van der Waals surface area contributed by atoms with Gasteiger partial charge in [0.15, 0.2) is 0 Å². The van der Waals surface area contributed by atoms with Gasteiger partial charge in [-0.15, -0.1) is 0 Å². The number of amides is 2. The highest BCUT2D eigenvalue weighted by Gasteiger charge is 2.34. The Balaban J connectivity index is 1.78. The third-order valence-corrected chi connectivity index (χ3v) is 4.56. The van der Waals surface area contributed by atoms with Gasteiger partial charge in [-0.3, -0.25) is 14.5 Å². The summed E-state index contributed by atoms with van der Waals surface area (Å²) in [6.07, 6.45) is 4.15. The van der Waals surface area contributed by atoms with Gasteiger partial charge in [-0.05, 0) is 25.0 Å². The fraction of sp³-hybridized carbons (Fsp3) is 0.467. The highest BCUT2D eigenvalue weighted by atomic mass is 32.2. The van der Waals surface area contributed by atoms with E-state index >= 15 is 0 Å². The van der Waals surface area contributed by atoms with Crippen molar-refractivity contribution in [3.63, 3.8) is 0 Å². The molecule has 0 fully saturated rings. The molecule has 1 aliphatic rings. The van der Waals surface area contributed by atoms with Crippen molar-refractivity contribution >= 4 is 21.7 Å². The van der Waals surface area contributed by atoms with Gasteiger partial charge in [0.2, 0.25) is 0 Å². The van der Waals surface area contributed by atoms with Gasteiger partial charge in [-0.1, -0.05) is 25.0 Å². The molecule has 1 aromatic carbocycles. The number of hydrogen-bond acceptors (Lipinski definition) is 4. The largest absolute Gasteiger partial charge is 0.274 e. The predicted octanol–water partition coefficient (Wildman–Crippen LogP) is 1.89. The molecule has 0 unspecified atom stereocenters. The number of hydrogen-bond donors (Lipinski definition) is 0. The summed E-state index contributed by atoms with van der Waals surface area (Å²) >= 11 is 0. The minimum atomic E-state index is -2.90. The monoisotopic (exact) mass is 309 g/mol. The van der Waals surface area contributed by atoms with Crippen molar-refractivity contribution in [3.8, 4) is 0 Å². The Hall–Kier alpha value is -1.69. The molecule has 0 radical (unpaired) electrons. The van der Waals surface area contributed by atoms with Crippen molar-refractivity contribution in [3.05, 3.63) is 35.4 Å². The number of nitrogens with zero attached hydrogens (tertiary/aromatic N) is 1. The third kappa shape index (κ3) is 3.91. The lowest BCUT2D eigenvalue weighted by Crippen LogP contribution is -2.30. The van der Waals surface area contributed by atoms with Crippen LogP contribution in [-0.4, -0.2) is 43.7 Å². The molecule has 2 amide bonds. The van der Waals surface area contributed by atoms with Crippen molar-refractivity contribution in [2.24, 2.45) is 0 Å². The summed E-state index contributed by atoms with van der Waals surface area (Å²) in [5.74, 6) is -0.265. The van der Waals surface area contributed by atoms with E-state index in [1.807, 2.05) is 0 Å². The Morgan fingerprint density at radius 3 is 1.95 bits per heavy atom. The normalized spacial score (nSPS) is 14.6. The van der Waals surface area contributed by atoms with E-state index in [4.69, 9.17) is 0 Å². The number of carbonyl (C=O) groups excluding carboxylic acids is 2. The number of benzene rings is 1. The standard InChI is InChI=1S/C15H19NO4S/c1-21(19,20)11-7-3-2-6-10-16-14(17)12-8-4-5-9-13(12)15(16)18/h4-5,8-9H,2-3,6-7,10-11H2,1H3. The zero-order valence-corrected chi connectivity index (χ0v) is 12.9. The van der Waals surface area contributed by atoms with Gasteiger partial charge in [-0.25, -0.2) is 8.42 Å². The molecular formula is C15H19NO4S. The number of rotatable bonds is 7. The summed E-state index contributed by atoms with van der Waals surface area (Å²) in [4.78, 5) is 25.4. The van der Waals surface area contributed by atoms with Crippen LogP contribution in [-0.2, 0) is 9.84 Å². The molecule has 114 valence electrons. The number of sulfone groups is 1. The van der Waals surface area contributed by atoms with Gasteiger partial charge in [0, 0.05) is 18.6 Å². The SMILES string of the molecule is CS(=O)(=O)CCCCCCN1C(=O)c2ccccc2C1=O. The second-order valence-electron chi connectivity index (χ2n) is 5.35. The van der Waals surface area contributed by atoms with Crippen molar-refractivity contribution in [2.45, 2.75) is 25.7 Å². The Kier molecular flexibility index (Phi) is 4.77. The van der Waals surface area contributed by atoms with Gasteiger partial charge in [-0.2, -0.15) is 0 Å². The molecule has 1 aliphatic heterocycles. The first-order valence-corrected chi connectivity index (χ1v) is 9.09.